The lowest BCUT2D eigenvalue weighted by atomic mass is 9.96. The van der Waals surface area contributed by atoms with Crippen molar-refractivity contribution < 1.29 is 26.1 Å². The van der Waals surface area contributed by atoms with Gasteiger partial charge in [0.05, 0.1) is 4.90 Å². The first kappa shape index (κ1) is 18.9. The Hall–Kier alpha value is -1.87. The van der Waals surface area contributed by atoms with Gasteiger partial charge in [0.1, 0.15) is 5.69 Å². The molecule has 5 nitrogen and oxygen atoms in total. The number of alkyl halides is 3. The minimum absolute atomic E-state index is 0.0390. The second-order valence-corrected chi connectivity index (χ2v) is 8.19. The predicted octanol–water partition coefficient (Wildman–Crippen LogP) is 4.28. The number of sulfonamides is 1. The van der Waals surface area contributed by atoms with Crippen LogP contribution in [0.5, 0.6) is 0 Å². The predicted molar refractivity (Wildman–Crippen MR) is 88.9 cm³/mol. The second-order valence-electron chi connectivity index (χ2n) is 6.51. The van der Waals surface area contributed by atoms with Crippen LogP contribution in [0.1, 0.15) is 43.4 Å². The summed E-state index contributed by atoms with van der Waals surface area (Å²) >= 11 is 0. The van der Waals surface area contributed by atoms with Crippen molar-refractivity contribution in [2.24, 2.45) is 0 Å². The highest BCUT2D eigenvalue weighted by atomic mass is 32.2. The molecule has 0 radical (unpaired) electrons. The average molecular weight is 388 g/mol. The fraction of sp³-hybridized carbons (Fsp3) is 0.471. The Bertz CT molecular complexity index is 885. The molecule has 26 heavy (non-hydrogen) atoms. The molecule has 1 N–H and O–H groups in total. The van der Waals surface area contributed by atoms with E-state index in [1.807, 2.05) is 0 Å². The van der Waals surface area contributed by atoms with E-state index < -0.39 is 22.0 Å². The summed E-state index contributed by atoms with van der Waals surface area (Å²) in [6.07, 6.45) is -0.0169. The Morgan fingerprint density at radius 1 is 1.15 bits per heavy atom. The molecule has 0 aliphatic heterocycles. The molecule has 0 saturated heterocycles. The van der Waals surface area contributed by atoms with Crippen LogP contribution in [0.3, 0.4) is 0 Å². The van der Waals surface area contributed by atoms with Gasteiger partial charge in [-0.2, -0.15) is 13.2 Å². The van der Waals surface area contributed by atoms with Gasteiger partial charge in [0, 0.05) is 17.7 Å². The largest absolute Gasteiger partial charge is 0.452 e. The zero-order chi connectivity index (χ0) is 18.9. The number of nitrogens with zero attached hydrogens (tertiary/aromatic N) is 1. The number of nitrogens with one attached hydrogen (secondary N) is 1. The van der Waals surface area contributed by atoms with Crippen molar-refractivity contribution in [2.75, 3.05) is 0 Å². The molecule has 1 heterocycles. The molecule has 0 atom stereocenters. The van der Waals surface area contributed by atoms with Gasteiger partial charge in [-0.05, 0) is 31.4 Å². The van der Waals surface area contributed by atoms with Gasteiger partial charge in [-0.1, -0.05) is 36.6 Å². The van der Waals surface area contributed by atoms with Crippen LogP contribution < -0.4 is 4.72 Å². The average Bonchev–Trinajstić information content (AvgIpc) is 3.06. The maximum absolute atomic E-state index is 12.7. The van der Waals surface area contributed by atoms with Crippen molar-refractivity contribution in [1.82, 2.24) is 9.88 Å². The van der Waals surface area contributed by atoms with Crippen LogP contribution in [0, 0.1) is 6.92 Å². The summed E-state index contributed by atoms with van der Waals surface area (Å²) in [4.78, 5) is 0.0390. The summed E-state index contributed by atoms with van der Waals surface area (Å²) in [6, 6.07) is 5.05. The fourth-order valence-electron chi connectivity index (χ4n) is 3.10. The summed E-state index contributed by atoms with van der Waals surface area (Å²) in [5, 5.41) is 3.41. The van der Waals surface area contributed by atoms with Crippen molar-refractivity contribution in [3.8, 4) is 11.3 Å². The molecule has 1 aromatic heterocycles. The highest BCUT2D eigenvalue weighted by Gasteiger charge is 2.36. The number of rotatable bonds is 4. The van der Waals surface area contributed by atoms with Crippen LogP contribution in [0.4, 0.5) is 13.2 Å². The van der Waals surface area contributed by atoms with E-state index >= 15 is 0 Å². The van der Waals surface area contributed by atoms with E-state index in [1.165, 1.54) is 12.1 Å². The van der Waals surface area contributed by atoms with Crippen LogP contribution >= 0.6 is 0 Å². The zero-order valence-electron chi connectivity index (χ0n) is 14.1. The van der Waals surface area contributed by atoms with E-state index in [0.29, 0.717) is 5.56 Å². The van der Waals surface area contributed by atoms with Crippen LogP contribution in [0.25, 0.3) is 11.3 Å². The third-order valence-electron chi connectivity index (χ3n) is 4.49. The van der Waals surface area contributed by atoms with Crippen molar-refractivity contribution >= 4 is 10.0 Å². The maximum Gasteiger partial charge on any atom is 0.452 e. The molecule has 3 rings (SSSR count). The lowest BCUT2D eigenvalue weighted by Gasteiger charge is -2.23. The summed E-state index contributed by atoms with van der Waals surface area (Å²) < 4.78 is 70.5. The molecule has 1 fully saturated rings. The van der Waals surface area contributed by atoms with Crippen molar-refractivity contribution in [3.05, 3.63) is 35.6 Å². The molecule has 0 amide bonds. The van der Waals surface area contributed by atoms with Gasteiger partial charge in [0.15, 0.2) is 0 Å². The van der Waals surface area contributed by atoms with Gasteiger partial charge in [0.2, 0.25) is 15.8 Å². The smallest absolute Gasteiger partial charge is 0.351 e. The summed E-state index contributed by atoms with van der Waals surface area (Å²) in [6.45, 7) is 1.64. The quantitative estimate of drug-likeness (QED) is 0.849. The van der Waals surface area contributed by atoms with E-state index in [0.717, 1.165) is 38.2 Å². The molecule has 1 saturated carbocycles. The zero-order valence-corrected chi connectivity index (χ0v) is 15.0. The first-order valence-electron chi connectivity index (χ1n) is 8.34. The third-order valence-corrected chi connectivity index (χ3v) is 6.15. The molecule has 0 spiro atoms. The van der Waals surface area contributed by atoms with E-state index in [4.69, 9.17) is 0 Å². The summed E-state index contributed by atoms with van der Waals surface area (Å²) in [5.41, 5.74) is 0.696. The fourth-order valence-corrected chi connectivity index (χ4v) is 4.67. The van der Waals surface area contributed by atoms with Gasteiger partial charge >= 0.3 is 6.18 Å². The van der Waals surface area contributed by atoms with Crippen molar-refractivity contribution in [3.63, 3.8) is 0 Å². The Kier molecular flexibility index (Phi) is 5.12. The molecule has 1 aliphatic rings. The van der Waals surface area contributed by atoms with Crippen LogP contribution in [-0.4, -0.2) is 19.6 Å². The van der Waals surface area contributed by atoms with Crippen LogP contribution in [0.2, 0.25) is 0 Å². The lowest BCUT2D eigenvalue weighted by Crippen LogP contribution is -2.36. The van der Waals surface area contributed by atoms with Gasteiger partial charge < -0.3 is 4.52 Å². The molecule has 1 aromatic carbocycles. The second kappa shape index (κ2) is 7.03. The number of halogens is 3. The normalized spacial score (nSPS) is 16.8. The van der Waals surface area contributed by atoms with Crippen molar-refractivity contribution in [2.45, 2.75) is 56.1 Å². The van der Waals surface area contributed by atoms with E-state index in [-0.39, 0.29) is 22.2 Å². The first-order chi connectivity index (χ1) is 12.2. The molecule has 2 aromatic rings. The molecule has 0 unspecified atom stereocenters. The number of hydrogen-bond donors (Lipinski definition) is 1. The minimum Gasteiger partial charge on any atom is -0.351 e. The van der Waals surface area contributed by atoms with Crippen molar-refractivity contribution in [1.29, 1.82) is 0 Å². The van der Waals surface area contributed by atoms with E-state index in [2.05, 4.69) is 14.4 Å². The van der Waals surface area contributed by atoms with E-state index in [1.54, 1.807) is 13.0 Å². The third kappa shape index (κ3) is 4.09. The molecule has 142 valence electrons. The maximum atomic E-state index is 12.7. The number of aromatic nitrogens is 1. The number of benzene rings is 1. The first-order valence-corrected chi connectivity index (χ1v) is 9.82. The highest BCUT2D eigenvalue weighted by Crippen LogP contribution is 2.33. The van der Waals surface area contributed by atoms with Gasteiger partial charge in [-0.25, -0.2) is 13.1 Å². The van der Waals surface area contributed by atoms with Gasteiger partial charge in [-0.3, -0.25) is 0 Å². The van der Waals surface area contributed by atoms with Crippen LogP contribution in [0.15, 0.2) is 33.7 Å². The minimum atomic E-state index is -4.65. The number of hydrogen-bond acceptors (Lipinski definition) is 4. The standard InChI is InChI=1S/C17H19F3N2O3S/c1-11-7-8-12(14-10-16(25-21-14)17(18,19)20)9-15(11)26(23,24)22-13-5-3-2-4-6-13/h7-10,13,22H,2-6H2,1H3. The topological polar surface area (TPSA) is 72.2 Å². The Balaban J connectivity index is 1.91. The highest BCUT2D eigenvalue weighted by molar-refractivity contribution is 7.89. The summed E-state index contributed by atoms with van der Waals surface area (Å²) in [5.74, 6) is -1.22. The van der Waals surface area contributed by atoms with Gasteiger partial charge in [0.25, 0.3) is 0 Å². The lowest BCUT2D eigenvalue weighted by molar-refractivity contribution is -0.155. The number of aryl methyl sites for hydroxylation is 1. The molecule has 1 aliphatic carbocycles. The Labute approximate surface area is 149 Å². The Morgan fingerprint density at radius 3 is 2.46 bits per heavy atom. The molecule has 9 heteroatoms. The monoisotopic (exact) mass is 388 g/mol. The SMILES string of the molecule is Cc1ccc(-c2cc(C(F)(F)F)on2)cc1S(=O)(=O)NC1CCCCC1. The van der Waals surface area contributed by atoms with E-state index in [9.17, 15) is 21.6 Å². The Morgan fingerprint density at radius 2 is 1.85 bits per heavy atom. The summed E-state index contributed by atoms with van der Waals surface area (Å²) in [7, 11) is -3.77. The molecule has 0 bridgehead atoms. The van der Waals surface area contributed by atoms with Gasteiger partial charge in [-0.15, -0.1) is 0 Å². The molecular weight excluding hydrogens is 369 g/mol. The van der Waals surface area contributed by atoms with Crippen LogP contribution in [-0.2, 0) is 16.2 Å². The molecular formula is C17H19F3N2O3S.